The SMILES string of the molecule is CCOC(C1CC1)C(O)c1ccc(-c2ccccc2)cc1. The van der Waals surface area contributed by atoms with E-state index in [1.807, 2.05) is 37.3 Å². The molecule has 2 unspecified atom stereocenters. The van der Waals surface area contributed by atoms with Gasteiger partial charge in [0.15, 0.2) is 0 Å². The van der Waals surface area contributed by atoms with Gasteiger partial charge in [0.1, 0.15) is 6.10 Å². The van der Waals surface area contributed by atoms with Crippen LogP contribution in [0.1, 0.15) is 31.4 Å². The molecule has 0 aromatic heterocycles. The van der Waals surface area contributed by atoms with Gasteiger partial charge in [-0.25, -0.2) is 0 Å². The number of hydrogen-bond acceptors (Lipinski definition) is 2. The second-order valence-electron chi connectivity index (χ2n) is 5.69. The molecule has 1 aliphatic carbocycles. The summed E-state index contributed by atoms with van der Waals surface area (Å²) < 4.78 is 5.75. The number of rotatable bonds is 6. The molecule has 2 nitrogen and oxygen atoms in total. The summed E-state index contributed by atoms with van der Waals surface area (Å²) in [6.45, 7) is 2.64. The summed E-state index contributed by atoms with van der Waals surface area (Å²) in [5.41, 5.74) is 3.31. The summed E-state index contributed by atoms with van der Waals surface area (Å²) in [7, 11) is 0. The largest absolute Gasteiger partial charge is 0.386 e. The van der Waals surface area contributed by atoms with E-state index in [9.17, 15) is 5.11 Å². The van der Waals surface area contributed by atoms with Crippen LogP contribution in [0.15, 0.2) is 54.6 Å². The molecular weight excluding hydrogens is 260 g/mol. The normalized spacial score (nSPS) is 17.4. The molecule has 0 amide bonds. The van der Waals surface area contributed by atoms with Crippen molar-refractivity contribution in [3.63, 3.8) is 0 Å². The van der Waals surface area contributed by atoms with Gasteiger partial charge in [-0.15, -0.1) is 0 Å². The summed E-state index contributed by atoms with van der Waals surface area (Å²) in [5, 5.41) is 10.6. The van der Waals surface area contributed by atoms with Gasteiger partial charge in [0.25, 0.3) is 0 Å². The average molecular weight is 282 g/mol. The van der Waals surface area contributed by atoms with Gasteiger partial charge in [0.2, 0.25) is 0 Å². The van der Waals surface area contributed by atoms with Crippen molar-refractivity contribution in [1.29, 1.82) is 0 Å². The molecule has 2 heteroatoms. The Balaban J connectivity index is 1.77. The van der Waals surface area contributed by atoms with Crippen LogP contribution < -0.4 is 0 Å². The van der Waals surface area contributed by atoms with Crippen molar-refractivity contribution in [2.24, 2.45) is 5.92 Å². The third-order valence-corrected chi connectivity index (χ3v) is 4.12. The summed E-state index contributed by atoms with van der Waals surface area (Å²) >= 11 is 0. The van der Waals surface area contributed by atoms with E-state index >= 15 is 0 Å². The van der Waals surface area contributed by atoms with E-state index in [0.29, 0.717) is 12.5 Å². The van der Waals surface area contributed by atoms with E-state index < -0.39 is 6.10 Å². The second kappa shape index (κ2) is 6.42. The van der Waals surface area contributed by atoms with E-state index in [2.05, 4.69) is 24.3 Å². The fraction of sp³-hybridized carbons (Fsp3) is 0.368. The third-order valence-electron chi connectivity index (χ3n) is 4.12. The van der Waals surface area contributed by atoms with Crippen molar-refractivity contribution in [2.45, 2.75) is 32.0 Å². The zero-order valence-corrected chi connectivity index (χ0v) is 12.4. The number of aliphatic hydroxyl groups excluding tert-OH is 1. The van der Waals surface area contributed by atoms with Gasteiger partial charge in [-0.1, -0.05) is 54.6 Å². The average Bonchev–Trinajstić information content (AvgIpc) is 3.38. The highest BCUT2D eigenvalue weighted by Gasteiger charge is 2.37. The Bertz CT molecular complexity index is 558. The maximum Gasteiger partial charge on any atom is 0.105 e. The molecular formula is C19H22O2. The summed E-state index contributed by atoms with van der Waals surface area (Å²) in [5.74, 6) is 0.522. The van der Waals surface area contributed by atoms with E-state index in [0.717, 1.165) is 5.56 Å². The van der Waals surface area contributed by atoms with Crippen LogP contribution in [0.2, 0.25) is 0 Å². The van der Waals surface area contributed by atoms with Crippen LogP contribution >= 0.6 is 0 Å². The van der Waals surface area contributed by atoms with Gasteiger partial charge in [-0.3, -0.25) is 0 Å². The third kappa shape index (κ3) is 3.34. The maximum atomic E-state index is 10.6. The molecule has 21 heavy (non-hydrogen) atoms. The lowest BCUT2D eigenvalue weighted by Crippen LogP contribution is -2.24. The van der Waals surface area contributed by atoms with Crippen LogP contribution in [-0.4, -0.2) is 17.8 Å². The summed E-state index contributed by atoms with van der Waals surface area (Å²) in [4.78, 5) is 0. The van der Waals surface area contributed by atoms with Gasteiger partial charge in [-0.2, -0.15) is 0 Å². The van der Waals surface area contributed by atoms with Gasteiger partial charge >= 0.3 is 0 Å². The Labute approximate surface area is 126 Å². The molecule has 3 rings (SSSR count). The van der Waals surface area contributed by atoms with E-state index in [4.69, 9.17) is 4.74 Å². The van der Waals surface area contributed by atoms with Crippen molar-refractivity contribution in [3.8, 4) is 11.1 Å². The Morgan fingerprint density at radius 2 is 1.62 bits per heavy atom. The maximum absolute atomic E-state index is 10.6. The van der Waals surface area contributed by atoms with Crippen LogP contribution in [0.4, 0.5) is 0 Å². The Morgan fingerprint density at radius 3 is 2.19 bits per heavy atom. The van der Waals surface area contributed by atoms with Crippen molar-refractivity contribution in [3.05, 3.63) is 60.2 Å². The number of aliphatic hydroxyl groups is 1. The predicted octanol–water partition coefficient (Wildman–Crippen LogP) is 4.20. The lowest BCUT2D eigenvalue weighted by Gasteiger charge is -2.23. The zero-order chi connectivity index (χ0) is 14.7. The van der Waals surface area contributed by atoms with Gasteiger partial charge in [0, 0.05) is 6.61 Å². The van der Waals surface area contributed by atoms with E-state index in [1.165, 1.54) is 24.0 Å². The predicted molar refractivity (Wildman–Crippen MR) is 85.0 cm³/mol. The van der Waals surface area contributed by atoms with E-state index in [1.54, 1.807) is 0 Å². The first-order chi connectivity index (χ1) is 10.3. The number of hydrogen-bond donors (Lipinski definition) is 1. The fourth-order valence-electron chi connectivity index (χ4n) is 2.80. The highest BCUT2D eigenvalue weighted by molar-refractivity contribution is 5.63. The standard InChI is InChI=1S/C19H22O2/c1-2-21-19(17-12-13-17)18(20)16-10-8-15(9-11-16)14-6-4-3-5-7-14/h3-11,17-20H,2,12-13H2,1H3. The minimum Gasteiger partial charge on any atom is -0.386 e. The fourth-order valence-corrected chi connectivity index (χ4v) is 2.80. The minimum atomic E-state index is -0.526. The number of benzene rings is 2. The Hall–Kier alpha value is -1.64. The van der Waals surface area contributed by atoms with Crippen molar-refractivity contribution >= 4 is 0 Å². The van der Waals surface area contributed by atoms with Crippen LogP contribution in [0, 0.1) is 5.92 Å². The molecule has 2 atom stereocenters. The quantitative estimate of drug-likeness (QED) is 0.860. The molecule has 0 saturated heterocycles. The molecule has 0 radical (unpaired) electrons. The molecule has 0 spiro atoms. The molecule has 1 N–H and O–H groups in total. The molecule has 1 saturated carbocycles. The highest BCUT2D eigenvalue weighted by atomic mass is 16.5. The molecule has 0 aliphatic heterocycles. The first-order valence-electron chi connectivity index (χ1n) is 7.74. The molecule has 2 aromatic rings. The first kappa shape index (κ1) is 14.3. The highest BCUT2D eigenvalue weighted by Crippen LogP contribution is 2.40. The molecule has 1 fully saturated rings. The van der Waals surface area contributed by atoms with Crippen LogP contribution in [0.25, 0.3) is 11.1 Å². The van der Waals surface area contributed by atoms with E-state index in [-0.39, 0.29) is 6.10 Å². The molecule has 0 bridgehead atoms. The Kier molecular flexibility index (Phi) is 4.37. The molecule has 0 heterocycles. The molecule has 2 aromatic carbocycles. The second-order valence-corrected chi connectivity index (χ2v) is 5.69. The van der Waals surface area contributed by atoms with Crippen molar-refractivity contribution in [1.82, 2.24) is 0 Å². The van der Waals surface area contributed by atoms with Gasteiger partial charge in [0.05, 0.1) is 6.10 Å². The zero-order valence-electron chi connectivity index (χ0n) is 12.4. The topological polar surface area (TPSA) is 29.5 Å². The first-order valence-corrected chi connectivity index (χ1v) is 7.74. The van der Waals surface area contributed by atoms with Crippen LogP contribution in [-0.2, 0) is 4.74 Å². The molecule has 1 aliphatic rings. The van der Waals surface area contributed by atoms with Gasteiger partial charge in [-0.05, 0) is 42.4 Å². The van der Waals surface area contributed by atoms with Gasteiger partial charge < -0.3 is 9.84 Å². The van der Waals surface area contributed by atoms with Crippen molar-refractivity contribution in [2.75, 3.05) is 6.61 Å². The lowest BCUT2D eigenvalue weighted by atomic mass is 9.98. The smallest absolute Gasteiger partial charge is 0.105 e. The monoisotopic (exact) mass is 282 g/mol. The van der Waals surface area contributed by atoms with Crippen molar-refractivity contribution < 1.29 is 9.84 Å². The number of ether oxygens (including phenoxy) is 1. The summed E-state index contributed by atoms with van der Waals surface area (Å²) in [6, 6.07) is 18.5. The lowest BCUT2D eigenvalue weighted by molar-refractivity contribution is -0.0461. The van der Waals surface area contributed by atoms with Crippen LogP contribution in [0.3, 0.4) is 0 Å². The Morgan fingerprint density at radius 1 is 1.00 bits per heavy atom. The summed E-state index contributed by atoms with van der Waals surface area (Å²) in [6.07, 6.45) is 1.76. The minimum absolute atomic E-state index is 0.0578. The van der Waals surface area contributed by atoms with Crippen LogP contribution in [0.5, 0.6) is 0 Å². The molecule has 110 valence electrons.